The molecule has 0 heterocycles. The van der Waals surface area contributed by atoms with E-state index in [1.807, 2.05) is 0 Å². The standard InChI is InChI=1S/3C6H9O3.C4H10O.Zr/c3*1-2-9-5-6(8)3-4-7;1-2-3-4-5;/h3*2-3,5H2,1H3;5H,2-4H2,1H3;/q3*-1;;+3. The van der Waals surface area contributed by atoms with Gasteiger partial charge in [-0.15, -0.1) is 0 Å². The quantitative estimate of drug-likeness (QED) is 0.205. The zero-order valence-corrected chi connectivity index (χ0v) is 22.6. The normalized spacial score (nSPS) is 8.64. The molecule has 0 unspecified atom stereocenters. The summed E-state index contributed by atoms with van der Waals surface area (Å²) >= 11 is 0. The van der Waals surface area contributed by atoms with Crippen molar-refractivity contribution in [3.8, 4) is 0 Å². The Balaban J connectivity index is -0.000000107. The van der Waals surface area contributed by atoms with Crippen molar-refractivity contribution in [2.45, 2.75) is 59.8 Å². The zero-order valence-electron chi connectivity index (χ0n) is 20.1. The van der Waals surface area contributed by atoms with Crippen molar-refractivity contribution < 1.29 is 74.3 Å². The molecule has 1 N–H and O–H groups in total. The van der Waals surface area contributed by atoms with E-state index in [9.17, 15) is 28.8 Å². The third-order valence-electron chi connectivity index (χ3n) is 2.72. The number of hydrogen-bond acceptors (Lipinski definition) is 10. The molecule has 11 heteroatoms. The zero-order chi connectivity index (χ0) is 25.5. The Labute approximate surface area is 216 Å². The van der Waals surface area contributed by atoms with Gasteiger partial charge < -0.3 is 33.7 Å². The summed E-state index contributed by atoms with van der Waals surface area (Å²) in [7, 11) is 0. The second kappa shape index (κ2) is 41.0. The van der Waals surface area contributed by atoms with Crippen LogP contribution in [0.4, 0.5) is 0 Å². The van der Waals surface area contributed by atoms with Crippen LogP contribution in [0.1, 0.15) is 59.8 Å². The van der Waals surface area contributed by atoms with Gasteiger partial charge in [-0.3, -0.25) is 33.2 Å². The van der Waals surface area contributed by atoms with E-state index < -0.39 is 0 Å². The first kappa shape index (κ1) is 41.9. The maximum Gasteiger partial charge on any atom is 3.00 e. The van der Waals surface area contributed by atoms with Gasteiger partial charge in [0.15, 0.2) is 0 Å². The second-order valence-corrected chi connectivity index (χ2v) is 5.57. The van der Waals surface area contributed by atoms with Gasteiger partial charge in [0.05, 0.1) is 0 Å². The molecule has 0 bridgehead atoms. The predicted octanol–water partition coefficient (Wildman–Crippen LogP) is 1.05. The van der Waals surface area contributed by atoms with Crippen molar-refractivity contribution in [2.75, 3.05) is 46.2 Å². The second-order valence-electron chi connectivity index (χ2n) is 5.57. The molecule has 0 aromatic carbocycles. The number of carbonyl (C=O) groups is 3. The minimum Gasteiger partial charge on any atom is -0.541 e. The molecule has 189 valence electrons. The number of carbonyl (C=O) groups excluding carboxylic acids is 6. The summed E-state index contributed by atoms with van der Waals surface area (Å²) in [5.41, 5.74) is 0. The molecule has 0 aromatic heterocycles. The number of aliphatic hydroxyl groups excluding tert-OH is 1. The Hall–Kier alpha value is -1.26. The molecule has 0 amide bonds. The summed E-state index contributed by atoms with van der Waals surface area (Å²) in [6.07, 6.45) is 6.07. The Morgan fingerprint density at radius 1 is 0.636 bits per heavy atom. The van der Waals surface area contributed by atoms with Crippen molar-refractivity contribution in [1.29, 1.82) is 0 Å². The fraction of sp³-hybridized carbons (Fsp3) is 0.727. The maximum atomic E-state index is 10.4. The van der Waals surface area contributed by atoms with Gasteiger partial charge in [-0.1, -0.05) is 32.6 Å². The molecular weight excluding hydrogens is 515 g/mol. The minimum atomic E-state index is -0.216. The summed E-state index contributed by atoms with van der Waals surface area (Å²) < 4.78 is 14.2. The average Bonchev–Trinajstić information content (AvgIpc) is 2.77. The molecular formula is C22H37O10Zr. The van der Waals surface area contributed by atoms with E-state index >= 15 is 0 Å². The smallest absolute Gasteiger partial charge is 0.541 e. The minimum absolute atomic E-state index is 0. The number of aliphatic hydroxyl groups is 1. The number of rotatable bonds is 17. The van der Waals surface area contributed by atoms with Crippen molar-refractivity contribution in [3.05, 3.63) is 0 Å². The molecule has 0 aromatic rings. The summed E-state index contributed by atoms with van der Waals surface area (Å²) in [6, 6.07) is 0. The fourth-order valence-corrected chi connectivity index (χ4v) is 1.20. The molecule has 1 radical (unpaired) electrons. The number of ketones is 3. The van der Waals surface area contributed by atoms with E-state index in [4.69, 9.17) is 19.3 Å². The molecule has 0 atom stereocenters. The van der Waals surface area contributed by atoms with Crippen LogP contribution < -0.4 is 0 Å². The Bertz CT molecular complexity index is 406. The molecule has 0 spiro atoms. The number of ether oxygens (including phenoxy) is 3. The van der Waals surface area contributed by atoms with Crippen LogP contribution >= 0.6 is 0 Å². The third kappa shape index (κ3) is 53.7. The van der Waals surface area contributed by atoms with Crippen LogP contribution in [-0.2, 0) is 69.2 Å². The van der Waals surface area contributed by atoms with Gasteiger partial charge in [-0.2, -0.15) is 0 Å². The average molecular weight is 553 g/mol. The third-order valence-corrected chi connectivity index (χ3v) is 2.72. The van der Waals surface area contributed by atoms with Crippen LogP contribution in [-0.4, -0.2) is 87.6 Å². The fourth-order valence-electron chi connectivity index (χ4n) is 1.20. The first-order valence-corrected chi connectivity index (χ1v) is 10.3. The molecule has 0 saturated carbocycles. The number of hydrogen-bond donors (Lipinski definition) is 1. The van der Waals surface area contributed by atoms with Crippen LogP contribution in [0, 0.1) is 0 Å². The topological polar surface area (TPSA) is 150 Å². The van der Waals surface area contributed by atoms with Gasteiger partial charge in [-0.25, -0.2) is 0 Å². The van der Waals surface area contributed by atoms with E-state index in [2.05, 4.69) is 6.92 Å². The van der Waals surface area contributed by atoms with Crippen molar-refractivity contribution in [1.82, 2.24) is 0 Å². The van der Waals surface area contributed by atoms with Crippen molar-refractivity contribution >= 4 is 36.2 Å². The van der Waals surface area contributed by atoms with E-state index in [0.29, 0.717) is 26.4 Å². The summed E-state index contributed by atoms with van der Waals surface area (Å²) in [4.78, 5) is 60.0. The van der Waals surface area contributed by atoms with E-state index in [1.54, 1.807) is 20.8 Å². The molecule has 0 rings (SSSR count). The van der Waals surface area contributed by atoms with E-state index in [0.717, 1.165) is 12.8 Å². The largest absolute Gasteiger partial charge is 3.00 e. The SMILES string of the molecule is CCCCO.CCOCC(=O)C[C-]=O.CCOCC(=O)C[C-]=O.CCOCC(=O)C[C-]=O.[Zr+3]. The molecule has 10 nitrogen and oxygen atoms in total. The van der Waals surface area contributed by atoms with Crippen LogP contribution in [0.5, 0.6) is 0 Å². The Morgan fingerprint density at radius 3 is 1.03 bits per heavy atom. The molecule has 0 aliphatic rings. The van der Waals surface area contributed by atoms with Crippen LogP contribution in [0.3, 0.4) is 0 Å². The Morgan fingerprint density at radius 2 is 0.909 bits per heavy atom. The summed E-state index contributed by atoms with van der Waals surface area (Å²) in [5, 5.41) is 8.07. The number of unbranched alkanes of at least 4 members (excludes halogenated alkanes) is 1. The molecule has 33 heavy (non-hydrogen) atoms. The molecule has 0 fully saturated rings. The van der Waals surface area contributed by atoms with Gasteiger partial charge in [0.1, 0.15) is 37.2 Å². The molecule has 0 aliphatic heterocycles. The van der Waals surface area contributed by atoms with Gasteiger partial charge in [0, 0.05) is 26.4 Å². The maximum absolute atomic E-state index is 10.4. The molecule has 0 aliphatic carbocycles. The van der Waals surface area contributed by atoms with E-state index in [-0.39, 0.29) is 82.6 Å². The van der Waals surface area contributed by atoms with Gasteiger partial charge in [-0.05, 0) is 27.2 Å². The molecule has 0 saturated heterocycles. The Kier molecular flexibility index (Phi) is 52.2. The van der Waals surface area contributed by atoms with E-state index in [1.165, 1.54) is 18.9 Å². The van der Waals surface area contributed by atoms with Crippen LogP contribution in [0.25, 0.3) is 0 Å². The predicted molar refractivity (Wildman–Crippen MR) is 117 cm³/mol. The van der Waals surface area contributed by atoms with Crippen LogP contribution in [0.15, 0.2) is 0 Å². The number of Topliss-reactive ketones (excluding diaryl/α,β-unsaturated/α-hetero) is 3. The van der Waals surface area contributed by atoms with Crippen molar-refractivity contribution in [3.63, 3.8) is 0 Å². The van der Waals surface area contributed by atoms with Crippen LogP contribution in [0.2, 0.25) is 0 Å². The summed E-state index contributed by atoms with van der Waals surface area (Å²) in [6.45, 7) is 9.38. The van der Waals surface area contributed by atoms with Crippen molar-refractivity contribution in [2.24, 2.45) is 0 Å². The first-order chi connectivity index (χ1) is 15.3. The van der Waals surface area contributed by atoms with Gasteiger partial charge in [0.25, 0.3) is 0 Å². The monoisotopic (exact) mass is 551 g/mol. The first-order valence-electron chi connectivity index (χ1n) is 10.3. The van der Waals surface area contributed by atoms with Gasteiger partial charge in [0.2, 0.25) is 0 Å². The van der Waals surface area contributed by atoms with Gasteiger partial charge >= 0.3 is 26.2 Å². The summed E-state index contributed by atoms with van der Waals surface area (Å²) in [5.74, 6) is -0.648.